The van der Waals surface area contributed by atoms with Crippen molar-refractivity contribution in [3.8, 4) is 5.88 Å². The lowest BCUT2D eigenvalue weighted by molar-refractivity contribution is 0.100. The fourth-order valence-electron chi connectivity index (χ4n) is 1.62. The molecule has 0 N–H and O–H groups in total. The highest BCUT2D eigenvalue weighted by molar-refractivity contribution is 5.94. The van der Waals surface area contributed by atoms with E-state index in [1.54, 1.807) is 0 Å². The molecular weight excluding hydrogens is 204 g/mol. The molecule has 0 amide bonds. The van der Waals surface area contributed by atoms with Crippen molar-refractivity contribution >= 4 is 16.7 Å². The number of fused-ring (bicyclic) bond motifs is 1. The molecular formula is C12H12N2O2. The van der Waals surface area contributed by atoms with Gasteiger partial charge in [0.05, 0.1) is 18.0 Å². The van der Waals surface area contributed by atoms with Gasteiger partial charge in [0.1, 0.15) is 0 Å². The summed E-state index contributed by atoms with van der Waals surface area (Å²) < 4.78 is 5.20. The van der Waals surface area contributed by atoms with Crippen LogP contribution in [0.5, 0.6) is 5.88 Å². The summed E-state index contributed by atoms with van der Waals surface area (Å²) in [4.78, 5) is 19.6. The molecule has 2 rings (SSSR count). The van der Waals surface area contributed by atoms with E-state index in [1.807, 2.05) is 25.1 Å². The zero-order valence-electron chi connectivity index (χ0n) is 9.44. The Morgan fingerprint density at radius 1 is 1.31 bits per heavy atom. The number of rotatable bonds is 2. The molecule has 0 radical (unpaired) electrons. The van der Waals surface area contributed by atoms with Gasteiger partial charge in [0, 0.05) is 6.92 Å². The van der Waals surface area contributed by atoms with Crippen molar-refractivity contribution in [3.63, 3.8) is 0 Å². The van der Waals surface area contributed by atoms with E-state index in [-0.39, 0.29) is 11.6 Å². The van der Waals surface area contributed by atoms with Crippen molar-refractivity contribution in [2.45, 2.75) is 13.8 Å². The number of carbonyl (C=O) groups excluding carboxylic acids is 1. The average molecular weight is 216 g/mol. The number of hydrogen-bond acceptors (Lipinski definition) is 4. The summed E-state index contributed by atoms with van der Waals surface area (Å²) in [5, 5.41) is 0.856. The van der Waals surface area contributed by atoms with Gasteiger partial charge in [-0.05, 0) is 18.6 Å². The number of carbonyl (C=O) groups is 1. The maximum atomic E-state index is 11.3. The summed E-state index contributed by atoms with van der Waals surface area (Å²) in [5.41, 5.74) is 1.77. The van der Waals surface area contributed by atoms with Gasteiger partial charge in [0.15, 0.2) is 11.6 Å². The van der Waals surface area contributed by atoms with Crippen LogP contribution in [-0.4, -0.2) is 22.9 Å². The Morgan fingerprint density at radius 2 is 2.06 bits per heavy atom. The summed E-state index contributed by atoms with van der Waals surface area (Å²) in [6, 6.07) is 5.70. The zero-order chi connectivity index (χ0) is 11.7. The predicted molar refractivity (Wildman–Crippen MR) is 60.8 cm³/mol. The average Bonchev–Trinajstić information content (AvgIpc) is 2.27. The Hall–Kier alpha value is -1.97. The van der Waals surface area contributed by atoms with Crippen LogP contribution in [0.2, 0.25) is 0 Å². The lowest BCUT2D eigenvalue weighted by atomic mass is 10.1. The normalized spacial score (nSPS) is 10.4. The lowest BCUT2D eigenvalue weighted by Gasteiger charge is -2.07. The van der Waals surface area contributed by atoms with Crippen LogP contribution in [-0.2, 0) is 0 Å². The first kappa shape index (κ1) is 10.5. The first-order valence-electron chi connectivity index (χ1n) is 4.95. The monoisotopic (exact) mass is 216 g/mol. The molecule has 4 heteroatoms. The van der Waals surface area contributed by atoms with Crippen molar-refractivity contribution in [3.05, 3.63) is 29.6 Å². The second-order valence-electron chi connectivity index (χ2n) is 3.58. The maximum Gasteiger partial charge on any atom is 0.225 e. The highest BCUT2D eigenvalue weighted by atomic mass is 16.5. The molecule has 16 heavy (non-hydrogen) atoms. The van der Waals surface area contributed by atoms with Crippen LogP contribution in [0.25, 0.3) is 10.9 Å². The summed E-state index contributed by atoms with van der Waals surface area (Å²) in [5.74, 6) is 0.477. The fraction of sp³-hybridized carbons (Fsp3) is 0.250. The maximum absolute atomic E-state index is 11.3. The minimum Gasteiger partial charge on any atom is -0.480 e. The Labute approximate surface area is 93.3 Å². The smallest absolute Gasteiger partial charge is 0.225 e. The molecule has 0 unspecified atom stereocenters. The molecule has 82 valence electrons. The third-order valence-corrected chi connectivity index (χ3v) is 2.41. The second-order valence-corrected chi connectivity index (χ2v) is 3.58. The van der Waals surface area contributed by atoms with Gasteiger partial charge in [-0.1, -0.05) is 12.1 Å². The number of hydrogen-bond donors (Lipinski definition) is 0. The number of ketones is 1. The van der Waals surface area contributed by atoms with Crippen molar-refractivity contribution < 1.29 is 9.53 Å². The topological polar surface area (TPSA) is 52.1 Å². The summed E-state index contributed by atoms with van der Waals surface area (Å²) >= 11 is 0. The highest BCUT2D eigenvalue weighted by Crippen LogP contribution is 2.25. The molecule has 4 nitrogen and oxygen atoms in total. The van der Waals surface area contributed by atoms with E-state index >= 15 is 0 Å². The standard InChI is InChI=1S/C12H12N2O2/c1-7-5-4-6-9-10(7)12(16-3)14-11(13-9)8(2)15/h4-6H,1-3H3. The van der Waals surface area contributed by atoms with Crippen molar-refractivity contribution in [1.82, 2.24) is 9.97 Å². The zero-order valence-corrected chi connectivity index (χ0v) is 9.44. The summed E-state index contributed by atoms with van der Waals surface area (Å²) in [6.07, 6.45) is 0. The first-order valence-corrected chi connectivity index (χ1v) is 4.95. The molecule has 0 saturated heterocycles. The summed E-state index contributed by atoms with van der Waals surface area (Å²) in [7, 11) is 1.54. The minimum atomic E-state index is -0.165. The van der Waals surface area contributed by atoms with Crippen molar-refractivity contribution in [2.24, 2.45) is 0 Å². The fourth-order valence-corrected chi connectivity index (χ4v) is 1.62. The van der Waals surface area contributed by atoms with Gasteiger partial charge in [-0.25, -0.2) is 4.98 Å². The van der Waals surface area contributed by atoms with E-state index in [0.717, 1.165) is 16.5 Å². The molecule has 1 aromatic heterocycles. The number of benzene rings is 1. The minimum absolute atomic E-state index is 0.165. The van der Waals surface area contributed by atoms with Gasteiger partial charge in [-0.15, -0.1) is 0 Å². The number of Topliss-reactive ketones (excluding diaryl/α,β-unsaturated/α-hetero) is 1. The second kappa shape index (κ2) is 3.89. The molecule has 0 fully saturated rings. The van der Waals surface area contributed by atoms with Crippen LogP contribution in [0.3, 0.4) is 0 Å². The number of aryl methyl sites for hydroxylation is 1. The Morgan fingerprint density at radius 3 is 2.69 bits per heavy atom. The van der Waals surface area contributed by atoms with Crippen LogP contribution in [0.4, 0.5) is 0 Å². The molecule has 0 atom stereocenters. The van der Waals surface area contributed by atoms with Gasteiger partial charge < -0.3 is 4.74 Å². The van der Waals surface area contributed by atoms with Crippen LogP contribution >= 0.6 is 0 Å². The van der Waals surface area contributed by atoms with Crippen LogP contribution in [0.1, 0.15) is 23.1 Å². The SMILES string of the molecule is COc1nc(C(C)=O)nc2cccc(C)c12. The molecule has 0 bridgehead atoms. The van der Waals surface area contributed by atoms with Gasteiger partial charge in [-0.2, -0.15) is 4.98 Å². The third-order valence-electron chi connectivity index (χ3n) is 2.41. The van der Waals surface area contributed by atoms with E-state index in [1.165, 1.54) is 14.0 Å². The van der Waals surface area contributed by atoms with Gasteiger partial charge in [-0.3, -0.25) is 4.79 Å². The number of aromatic nitrogens is 2. The molecule has 1 aromatic carbocycles. The molecule has 1 heterocycles. The number of methoxy groups -OCH3 is 1. The molecule has 2 aromatic rings. The quantitative estimate of drug-likeness (QED) is 0.722. The predicted octanol–water partition coefficient (Wildman–Crippen LogP) is 2.15. The van der Waals surface area contributed by atoms with Gasteiger partial charge >= 0.3 is 0 Å². The van der Waals surface area contributed by atoms with Gasteiger partial charge in [0.25, 0.3) is 0 Å². The third kappa shape index (κ3) is 1.62. The number of ether oxygens (including phenoxy) is 1. The Kier molecular flexibility index (Phi) is 2.56. The molecule has 0 saturated carbocycles. The van der Waals surface area contributed by atoms with E-state index in [2.05, 4.69) is 9.97 Å². The van der Waals surface area contributed by atoms with Crippen LogP contribution in [0, 0.1) is 6.92 Å². The highest BCUT2D eigenvalue weighted by Gasteiger charge is 2.12. The molecule has 0 aliphatic heterocycles. The van der Waals surface area contributed by atoms with Crippen molar-refractivity contribution in [2.75, 3.05) is 7.11 Å². The van der Waals surface area contributed by atoms with E-state index < -0.39 is 0 Å². The van der Waals surface area contributed by atoms with Crippen molar-refractivity contribution in [1.29, 1.82) is 0 Å². The molecule has 0 aliphatic carbocycles. The molecule has 0 spiro atoms. The van der Waals surface area contributed by atoms with Crippen LogP contribution < -0.4 is 4.74 Å². The van der Waals surface area contributed by atoms with Gasteiger partial charge in [0.2, 0.25) is 5.88 Å². The lowest BCUT2D eigenvalue weighted by Crippen LogP contribution is -2.04. The largest absolute Gasteiger partial charge is 0.480 e. The number of nitrogens with zero attached hydrogens (tertiary/aromatic N) is 2. The molecule has 0 aliphatic rings. The van der Waals surface area contributed by atoms with Crippen LogP contribution in [0.15, 0.2) is 18.2 Å². The summed E-state index contributed by atoms with van der Waals surface area (Å²) in [6.45, 7) is 3.40. The first-order chi connectivity index (χ1) is 7.63. The Balaban J connectivity index is 2.84. The van der Waals surface area contributed by atoms with E-state index in [9.17, 15) is 4.79 Å². The van der Waals surface area contributed by atoms with E-state index in [0.29, 0.717) is 5.88 Å². The Bertz CT molecular complexity index is 564. The van der Waals surface area contributed by atoms with E-state index in [4.69, 9.17) is 4.74 Å².